The molecule has 23 heavy (non-hydrogen) atoms. The standard InChI is InChI=1S/C17H28N4OS/c1-4-18-17(21-14-9-13-5-6-15(14)22-13)19-8-7-12-10-23-16(20-12)11(2)3/h10-11,13-15H,4-9H2,1-3H3,(H2,18,19,21). The first-order chi connectivity index (χ1) is 11.2. The number of ether oxygens (including phenoxy) is 1. The maximum absolute atomic E-state index is 5.91. The minimum atomic E-state index is 0.371. The topological polar surface area (TPSA) is 58.5 Å². The van der Waals surface area contributed by atoms with E-state index in [0.29, 0.717) is 24.2 Å². The minimum Gasteiger partial charge on any atom is -0.373 e. The largest absolute Gasteiger partial charge is 0.373 e. The van der Waals surface area contributed by atoms with Crippen LogP contribution in [-0.2, 0) is 11.2 Å². The average molecular weight is 337 g/mol. The second-order valence-corrected chi connectivity index (χ2v) is 7.59. The predicted molar refractivity (Wildman–Crippen MR) is 95.3 cm³/mol. The molecule has 3 rings (SSSR count). The van der Waals surface area contributed by atoms with Gasteiger partial charge in [-0.1, -0.05) is 13.8 Å². The Morgan fingerprint density at radius 1 is 1.48 bits per heavy atom. The summed E-state index contributed by atoms with van der Waals surface area (Å²) in [6.07, 6.45) is 5.24. The van der Waals surface area contributed by atoms with Gasteiger partial charge in [0, 0.05) is 30.8 Å². The van der Waals surface area contributed by atoms with Gasteiger partial charge in [-0.2, -0.15) is 0 Å². The Balaban J connectivity index is 1.51. The number of aromatic nitrogens is 1. The second kappa shape index (κ2) is 7.62. The molecule has 3 unspecified atom stereocenters. The highest BCUT2D eigenvalue weighted by atomic mass is 32.1. The summed E-state index contributed by atoms with van der Waals surface area (Å²) < 4.78 is 5.91. The Morgan fingerprint density at radius 2 is 2.35 bits per heavy atom. The van der Waals surface area contributed by atoms with Crippen LogP contribution in [0.15, 0.2) is 10.4 Å². The molecular formula is C17H28N4OS. The minimum absolute atomic E-state index is 0.371. The molecular weight excluding hydrogens is 308 g/mol. The van der Waals surface area contributed by atoms with Crippen LogP contribution in [0.25, 0.3) is 0 Å². The van der Waals surface area contributed by atoms with E-state index in [4.69, 9.17) is 9.73 Å². The number of guanidine groups is 1. The summed E-state index contributed by atoms with van der Waals surface area (Å²) in [6, 6.07) is 0.415. The lowest BCUT2D eigenvalue weighted by atomic mass is 9.96. The van der Waals surface area contributed by atoms with Gasteiger partial charge in [-0.3, -0.25) is 4.99 Å². The van der Waals surface area contributed by atoms with E-state index in [-0.39, 0.29) is 0 Å². The van der Waals surface area contributed by atoms with Gasteiger partial charge in [0.2, 0.25) is 0 Å². The Morgan fingerprint density at radius 3 is 2.96 bits per heavy atom. The van der Waals surface area contributed by atoms with Gasteiger partial charge in [0.1, 0.15) is 0 Å². The SMILES string of the molecule is CCNC(=NCCc1csc(C(C)C)n1)NC1CC2CCC1O2. The van der Waals surface area contributed by atoms with E-state index in [2.05, 4.69) is 41.8 Å². The van der Waals surface area contributed by atoms with Crippen molar-refractivity contribution in [1.82, 2.24) is 15.6 Å². The third-order valence-corrected chi connectivity index (χ3v) is 5.67. The number of nitrogens with zero attached hydrogens (tertiary/aromatic N) is 2. The normalized spacial score (nSPS) is 27.0. The molecule has 2 aliphatic heterocycles. The van der Waals surface area contributed by atoms with E-state index < -0.39 is 0 Å². The van der Waals surface area contributed by atoms with Crippen molar-refractivity contribution in [2.75, 3.05) is 13.1 Å². The van der Waals surface area contributed by atoms with Crippen LogP contribution in [0.5, 0.6) is 0 Å². The average Bonchev–Trinajstić information content (AvgIpc) is 3.23. The van der Waals surface area contributed by atoms with Gasteiger partial charge in [0.25, 0.3) is 0 Å². The lowest BCUT2D eigenvalue weighted by molar-refractivity contribution is 0.0992. The van der Waals surface area contributed by atoms with Gasteiger partial charge in [0.05, 0.1) is 29.0 Å². The van der Waals surface area contributed by atoms with Gasteiger partial charge in [-0.05, 0) is 26.2 Å². The fourth-order valence-electron chi connectivity index (χ4n) is 3.27. The molecule has 2 fully saturated rings. The lowest BCUT2D eigenvalue weighted by Crippen LogP contribution is -2.47. The van der Waals surface area contributed by atoms with Gasteiger partial charge >= 0.3 is 0 Å². The van der Waals surface area contributed by atoms with Crippen molar-refractivity contribution in [1.29, 1.82) is 0 Å². The maximum Gasteiger partial charge on any atom is 0.191 e. The summed E-state index contributed by atoms with van der Waals surface area (Å²) >= 11 is 1.75. The fourth-order valence-corrected chi connectivity index (χ4v) is 4.14. The number of hydrogen-bond acceptors (Lipinski definition) is 4. The molecule has 1 aromatic heterocycles. The number of aliphatic imine (C=N–C) groups is 1. The van der Waals surface area contributed by atoms with E-state index in [9.17, 15) is 0 Å². The second-order valence-electron chi connectivity index (χ2n) is 6.70. The molecule has 2 saturated heterocycles. The molecule has 2 bridgehead atoms. The maximum atomic E-state index is 5.91. The molecule has 2 N–H and O–H groups in total. The van der Waals surface area contributed by atoms with Gasteiger partial charge < -0.3 is 15.4 Å². The molecule has 0 aromatic carbocycles. The van der Waals surface area contributed by atoms with Crippen LogP contribution in [0.2, 0.25) is 0 Å². The van der Waals surface area contributed by atoms with Crippen LogP contribution in [0.1, 0.15) is 56.7 Å². The van der Waals surface area contributed by atoms with Crippen molar-refractivity contribution in [3.05, 3.63) is 16.1 Å². The van der Waals surface area contributed by atoms with Crippen LogP contribution >= 0.6 is 11.3 Å². The Kier molecular flexibility index (Phi) is 5.54. The predicted octanol–water partition coefficient (Wildman–Crippen LogP) is 2.68. The molecule has 128 valence electrons. The van der Waals surface area contributed by atoms with Gasteiger partial charge in [-0.25, -0.2) is 4.98 Å². The number of rotatable bonds is 6. The highest BCUT2D eigenvalue weighted by Crippen LogP contribution is 2.34. The van der Waals surface area contributed by atoms with E-state index >= 15 is 0 Å². The third-order valence-electron chi connectivity index (χ3n) is 4.47. The summed E-state index contributed by atoms with van der Waals surface area (Å²) in [5.74, 6) is 1.42. The zero-order chi connectivity index (χ0) is 16.2. The van der Waals surface area contributed by atoms with Crippen LogP contribution in [0.4, 0.5) is 0 Å². The zero-order valence-electron chi connectivity index (χ0n) is 14.3. The highest BCUT2D eigenvalue weighted by Gasteiger charge is 2.41. The van der Waals surface area contributed by atoms with E-state index in [1.165, 1.54) is 17.8 Å². The molecule has 0 spiro atoms. The summed E-state index contributed by atoms with van der Waals surface area (Å²) in [6.45, 7) is 8.11. The molecule has 0 amide bonds. The number of fused-ring (bicyclic) bond motifs is 2. The van der Waals surface area contributed by atoms with Gasteiger partial charge in [0.15, 0.2) is 5.96 Å². The third kappa shape index (κ3) is 4.23. The molecule has 6 heteroatoms. The van der Waals surface area contributed by atoms with Crippen molar-refractivity contribution in [3.8, 4) is 0 Å². The molecule has 3 heterocycles. The summed E-state index contributed by atoms with van der Waals surface area (Å²) in [5.41, 5.74) is 1.15. The van der Waals surface area contributed by atoms with Crippen LogP contribution in [0, 0.1) is 0 Å². The van der Waals surface area contributed by atoms with Crippen molar-refractivity contribution in [2.24, 2.45) is 4.99 Å². The van der Waals surface area contributed by atoms with Crippen molar-refractivity contribution < 1.29 is 4.74 Å². The van der Waals surface area contributed by atoms with E-state index in [0.717, 1.165) is 37.6 Å². The number of hydrogen-bond donors (Lipinski definition) is 2. The highest BCUT2D eigenvalue weighted by molar-refractivity contribution is 7.09. The molecule has 0 saturated carbocycles. The van der Waals surface area contributed by atoms with Crippen LogP contribution in [0.3, 0.4) is 0 Å². The fraction of sp³-hybridized carbons (Fsp3) is 0.765. The molecule has 5 nitrogen and oxygen atoms in total. The van der Waals surface area contributed by atoms with Crippen LogP contribution in [-0.4, -0.2) is 42.3 Å². The first kappa shape index (κ1) is 16.7. The van der Waals surface area contributed by atoms with Gasteiger partial charge in [-0.15, -0.1) is 11.3 Å². The molecule has 0 radical (unpaired) electrons. The Bertz CT molecular complexity index is 542. The van der Waals surface area contributed by atoms with Crippen LogP contribution < -0.4 is 10.6 Å². The first-order valence-electron chi connectivity index (χ1n) is 8.80. The molecule has 2 aliphatic rings. The summed E-state index contributed by atoms with van der Waals surface area (Å²) in [4.78, 5) is 9.39. The first-order valence-corrected chi connectivity index (χ1v) is 9.68. The smallest absolute Gasteiger partial charge is 0.191 e. The zero-order valence-corrected chi connectivity index (χ0v) is 15.2. The lowest BCUT2D eigenvalue weighted by Gasteiger charge is -2.22. The van der Waals surface area contributed by atoms with Crippen molar-refractivity contribution in [3.63, 3.8) is 0 Å². The molecule has 3 atom stereocenters. The molecule has 1 aromatic rings. The summed E-state index contributed by atoms with van der Waals surface area (Å²) in [7, 11) is 0. The van der Waals surface area contributed by atoms with E-state index in [1.807, 2.05) is 0 Å². The Hall–Kier alpha value is -1.14. The Labute approximate surface area is 142 Å². The van der Waals surface area contributed by atoms with Crippen molar-refractivity contribution >= 4 is 17.3 Å². The van der Waals surface area contributed by atoms with Crippen molar-refractivity contribution in [2.45, 2.75) is 70.6 Å². The number of nitrogens with one attached hydrogen (secondary N) is 2. The molecule has 0 aliphatic carbocycles. The number of thiazole rings is 1. The quantitative estimate of drug-likeness (QED) is 0.619. The summed E-state index contributed by atoms with van der Waals surface area (Å²) in [5, 5.41) is 10.3. The van der Waals surface area contributed by atoms with E-state index in [1.54, 1.807) is 11.3 Å². The monoisotopic (exact) mass is 336 g/mol.